The minimum Gasteiger partial charge on any atom is -0.334 e. The van der Waals surface area contributed by atoms with Gasteiger partial charge in [0.2, 0.25) is 5.91 Å². The van der Waals surface area contributed by atoms with E-state index in [1.54, 1.807) is 23.6 Å². The van der Waals surface area contributed by atoms with Crippen LogP contribution in [-0.4, -0.2) is 49.5 Å². The van der Waals surface area contributed by atoms with Crippen molar-refractivity contribution in [3.05, 3.63) is 11.6 Å². The minimum absolute atomic E-state index is 0.0479. The first kappa shape index (κ1) is 14.6. The normalized spacial score (nSPS) is 20.4. The summed E-state index contributed by atoms with van der Waals surface area (Å²) >= 11 is 0. The van der Waals surface area contributed by atoms with Crippen LogP contribution in [0.15, 0.2) is 0 Å². The lowest BCUT2D eigenvalue weighted by Gasteiger charge is -2.29. The highest BCUT2D eigenvalue weighted by Gasteiger charge is 2.34. The van der Waals surface area contributed by atoms with Crippen LogP contribution in [0.5, 0.6) is 0 Å². The fraction of sp³-hybridized carbons (Fsp3) is 0.600. The summed E-state index contributed by atoms with van der Waals surface area (Å²) in [6.07, 6.45) is 1.83. The van der Waals surface area contributed by atoms with Gasteiger partial charge in [-0.3, -0.25) is 9.59 Å². The first-order valence-electron chi connectivity index (χ1n) is 7.52. The average Bonchev–Trinajstić information content (AvgIpc) is 3.12. The molecular formula is C15H19N5O2. The van der Waals surface area contributed by atoms with Crippen molar-refractivity contribution in [2.24, 2.45) is 0 Å². The van der Waals surface area contributed by atoms with Gasteiger partial charge in [-0.1, -0.05) is 5.92 Å². The maximum absolute atomic E-state index is 12.1. The highest BCUT2D eigenvalue weighted by Crippen LogP contribution is 2.32. The van der Waals surface area contributed by atoms with E-state index >= 15 is 0 Å². The third-order valence-corrected chi connectivity index (χ3v) is 4.27. The second-order valence-corrected chi connectivity index (χ2v) is 5.60. The van der Waals surface area contributed by atoms with E-state index in [1.165, 1.54) is 0 Å². The van der Waals surface area contributed by atoms with Gasteiger partial charge in [0, 0.05) is 26.6 Å². The summed E-state index contributed by atoms with van der Waals surface area (Å²) in [7, 11) is 0. The molecule has 0 radical (unpaired) electrons. The second kappa shape index (κ2) is 5.79. The SMILES string of the molecule is CC#CC(=O)N1CCCC1c1nnc2n1CCN(C(C)=O)C2. The summed E-state index contributed by atoms with van der Waals surface area (Å²) in [6, 6.07) is -0.0570. The number of carbonyl (C=O) groups is 2. The standard InChI is InChI=1S/C15H19N5O2/c1-3-5-14(22)19-7-4-6-12(19)15-17-16-13-10-18(11(2)21)8-9-20(13)15/h12H,4,6-10H2,1-2H3. The predicted molar refractivity (Wildman–Crippen MR) is 78.3 cm³/mol. The lowest BCUT2D eigenvalue weighted by molar-refractivity contribution is -0.130. The molecule has 1 aromatic rings. The molecule has 1 unspecified atom stereocenters. The zero-order valence-corrected chi connectivity index (χ0v) is 12.9. The van der Waals surface area contributed by atoms with E-state index in [0.29, 0.717) is 26.2 Å². The van der Waals surface area contributed by atoms with E-state index in [9.17, 15) is 9.59 Å². The van der Waals surface area contributed by atoms with Gasteiger partial charge in [-0.05, 0) is 25.7 Å². The molecule has 22 heavy (non-hydrogen) atoms. The van der Waals surface area contributed by atoms with Crippen LogP contribution in [0.1, 0.15) is 44.4 Å². The Kier molecular flexibility index (Phi) is 3.84. The van der Waals surface area contributed by atoms with E-state index < -0.39 is 0 Å². The first-order valence-corrected chi connectivity index (χ1v) is 7.52. The molecule has 2 amide bonds. The second-order valence-electron chi connectivity index (χ2n) is 5.60. The van der Waals surface area contributed by atoms with Crippen LogP contribution in [0.2, 0.25) is 0 Å². The Labute approximate surface area is 129 Å². The van der Waals surface area contributed by atoms with Crippen LogP contribution < -0.4 is 0 Å². The molecule has 2 aliphatic rings. The number of amides is 2. The summed E-state index contributed by atoms with van der Waals surface area (Å²) < 4.78 is 2.05. The largest absolute Gasteiger partial charge is 0.334 e. The van der Waals surface area contributed by atoms with Crippen molar-refractivity contribution in [3.63, 3.8) is 0 Å². The molecule has 0 saturated carbocycles. The van der Waals surface area contributed by atoms with Crippen molar-refractivity contribution in [1.82, 2.24) is 24.6 Å². The summed E-state index contributed by atoms with van der Waals surface area (Å²) in [6.45, 7) is 5.75. The molecule has 7 nitrogen and oxygen atoms in total. The lowest BCUT2D eigenvalue weighted by Crippen LogP contribution is -2.38. The third-order valence-electron chi connectivity index (χ3n) is 4.27. The number of likely N-dealkylation sites (tertiary alicyclic amines) is 1. The fourth-order valence-corrected chi connectivity index (χ4v) is 3.15. The number of hydrogen-bond acceptors (Lipinski definition) is 4. The molecule has 0 N–H and O–H groups in total. The summed E-state index contributed by atoms with van der Waals surface area (Å²) in [4.78, 5) is 27.1. The molecule has 1 atom stereocenters. The van der Waals surface area contributed by atoms with Crippen molar-refractivity contribution in [3.8, 4) is 11.8 Å². The first-order chi connectivity index (χ1) is 10.6. The highest BCUT2D eigenvalue weighted by atomic mass is 16.2. The van der Waals surface area contributed by atoms with E-state index in [0.717, 1.165) is 24.5 Å². The Morgan fingerprint density at radius 2 is 2.05 bits per heavy atom. The molecular weight excluding hydrogens is 282 g/mol. The summed E-state index contributed by atoms with van der Waals surface area (Å²) in [5, 5.41) is 8.52. The van der Waals surface area contributed by atoms with E-state index in [-0.39, 0.29) is 17.9 Å². The van der Waals surface area contributed by atoms with Crippen molar-refractivity contribution >= 4 is 11.8 Å². The van der Waals surface area contributed by atoms with Crippen LogP contribution in [0.4, 0.5) is 0 Å². The number of nitrogens with zero attached hydrogens (tertiary/aromatic N) is 5. The van der Waals surface area contributed by atoms with Gasteiger partial charge in [-0.25, -0.2) is 0 Å². The Balaban J connectivity index is 1.85. The molecule has 2 aliphatic heterocycles. The van der Waals surface area contributed by atoms with Gasteiger partial charge in [-0.2, -0.15) is 0 Å². The van der Waals surface area contributed by atoms with Crippen LogP contribution in [0.3, 0.4) is 0 Å². The van der Waals surface area contributed by atoms with E-state index in [2.05, 4.69) is 26.6 Å². The topological polar surface area (TPSA) is 71.3 Å². The maximum atomic E-state index is 12.1. The molecule has 0 aliphatic carbocycles. The molecule has 0 bridgehead atoms. The number of fused-ring (bicyclic) bond motifs is 1. The maximum Gasteiger partial charge on any atom is 0.299 e. The number of hydrogen-bond donors (Lipinski definition) is 0. The third kappa shape index (κ3) is 2.45. The number of carbonyl (C=O) groups excluding carboxylic acids is 2. The van der Waals surface area contributed by atoms with Crippen LogP contribution >= 0.6 is 0 Å². The van der Waals surface area contributed by atoms with Gasteiger partial charge in [0.15, 0.2) is 11.6 Å². The van der Waals surface area contributed by atoms with Gasteiger partial charge in [0.1, 0.15) is 0 Å². The molecule has 0 spiro atoms. The molecule has 3 rings (SSSR count). The van der Waals surface area contributed by atoms with E-state index in [4.69, 9.17) is 0 Å². The zero-order chi connectivity index (χ0) is 15.7. The van der Waals surface area contributed by atoms with Gasteiger partial charge in [0.25, 0.3) is 5.91 Å². The highest BCUT2D eigenvalue weighted by molar-refractivity contribution is 5.93. The van der Waals surface area contributed by atoms with E-state index in [1.807, 2.05) is 0 Å². The van der Waals surface area contributed by atoms with Crippen molar-refractivity contribution in [2.45, 2.75) is 45.8 Å². The molecule has 0 aromatic carbocycles. The lowest BCUT2D eigenvalue weighted by atomic mass is 10.2. The minimum atomic E-state index is -0.150. The molecule has 116 valence electrons. The summed E-state index contributed by atoms with van der Waals surface area (Å²) in [5.41, 5.74) is 0. The molecule has 3 heterocycles. The zero-order valence-electron chi connectivity index (χ0n) is 12.9. The Morgan fingerprint density at radius 1 is 1.23 bits per heavy atom. The Morgan fingerprint density at radius 3 is 2.77 bits per heavy atom. The smallest absolute Gasteiger partial charge is 0.299 e. The van der Waals surface area contributed by atoms with Crippen molar-refractivity contribution < 1.29 is 9.59 Å². The predicted octanol–water partition coefficient (Wildman–Crippen LogP) is 0.327. The fourth-order valence-electron chi connectivity index (χ4n) is 3.15. The monoisotopic (exact) mass is 301 g/mol. The molecule has 1 fully saturated rings. The molecule has 7 heteroatoms. The Hall–Kier alpha value is -2.36. The van der Waals surface area contributed by atoms with Crippen molar-refractivity contribution in [2.75, 3.05) is 13.1 Å². The number of rotatable bonds is 1. The quantitative estimate of drug-likeness (QED) is 0.701. The number of aromatic nitrogens is 3. The van der Waals surface area contributed by atoms with Gasteiger partial charge < -0.3 is 14.4 Å². The summed E-state index contributed by atoms with van der Waals surface area (Å²) in [5.74, 6) is 6.78. The van der Waals surface area contributed by atoms with Gasteiger partial charge in [0.05, 0.1) is 12.6 Å². The van der Waals surface area contributed by atoms with Gasteiger partial charge >= 0.3 is 0 Å². The van der Waals surface area contributed by atoms with Crippen molar-refractivity contribution in [1.29, 1.82) is 0 Å². The van der Waals surface area contributed by atoms with Crippen LogP contribution in [0, 0.1) is 11.8 Å². The van der Waals surface area contributed by atoms with Gasteiger partial charge in [-0.15, -0.1) is 10.2 Å². The molecule has 1 aromatic heterocycles. The average molecular weight is 301 g/mol. The van der Waals surface area contributed by atoms with Crippen LogP contribution in [-0.2, 0) is 22.7 Å². The van der Waals surface area contributed by atoms with Crippen LogP contribution in [0.25, 0.3) is 0 Å². The Bertz CT molecular complexity index is 669. The molecule has 1 saturated heterocycles.